The predicted octanol–water partition coefficient (Wildman–Crippen LogP) is 2.25. The van der Waals surface area contributed by atoms with Crippen LogP contribution in [0.15, 0.2) is 0 Å². The van der Waals surface area contributed by atoms with Crippen molar-refractivity contribution in [1.82, 2.24) is 10.2 Å². The summed E-state index contributed by atoms with van der Waals surface area (Å²) < 4.78 is 0. The predicted molar refractivity (Wildman–Crippen MR) is 77.8 cm³/mol. The summed E-state index contributed by atoms with van der Waals surface area (Å²) in [5.41, 5.74) is -0.0976. The minimum absolute atomic E-state index is 0.0976. The van der Waals surface area contributed by atoms with Crippen molar-refractivity contribution in [3.63, 3.8) is 0 Å². The van der Waals surface area contributed by atoms with Crippen LogP contribution in [-0.2, 0) is 0 Å². The molecular weight excluding hydrogens is 224 g/mol. The maximum absolute atomic E-state index is 9.51. The average molecular weight is 256 g/mol. The first-order chi connectivity index (χ1) is 8.52. The van der Waals surface area contributed by atoms with Crippen LogP contribution in [-0.4, -0.2) is 48.3 Å². The molecule has 108 valence electrons. The number of rotatable bonds is 10. The van der Waals surface area contributed by atoms with Crippen molar-refractivity contribution in [3.05, 3.63) is 0 Å². The van der Waals surface area contributed by atoms with Crippen LogP contribution in [0.5, 0.6) is 0 Å². The van der Waals surface area contributed by atoms with Crippen LogP contribution >= 0.6 is 0 Å². The average Bonchev–Trinajstić information content (AvgIpc) is 3.19. The molecule has 0 spiro atoms. The maximum atomic E-state index is 9.51. The van der Waals surface area contributed by atoms with Crippen molar-refractivity contribution < 1.29 is 5.11 Å². The van der Waals surface area contributed by atoms with Gasteiger partial charge in [0.05, 0.1) is 6.61 Å². The van der Waals surface area contributed by atoms with Gasteiger partial charge in [-0.3, -0.25) is 0 Å². The van der Waals surface area contributed by atoms with Gasteiger partial charge in [0.25, 0.3) is 0 Å². The standard InChI is InChI=1S/C15H32N2O/c1-5-10-16-15(3,12-18)9-6-11-17(4)13(2)14-7-8-14/h13-14,16,18H,5-12H2,1-4H3. The number of nitrogens with one attached hydrogen (secondary N) is 1. The Hall–Kier alpha value is -0.120. The molecule has 0 aliphatic heterocycles. The van der Waals surface area contributed by atoms with Gasteiger partial charge in [0.2, 0.25) is 0 Å². The highest BCUT2D eigenvalue weighted by Crippen LogP contribution is 2.34. The van der Waals surface area contributed by atoms with Crippen LogP contribution in [0.2, 0.25) is 0 Å². The van der Waals surface area contributed by atoms with E-state index >= 15 is 0 Å². The van der Waals surface area contributed by atoms with Gasteiger partial charge in [-0.1, -0.05) is 6.92 Å². The summed E-state index contributed by atoms with van der Waals surface area (Å²) in [6.07, 6.45) is 6.15. The second-order valence-electron chi connectivity index (χ2n) is 6.31. The van der Waals surface area contributed by atoms with E-state index in [4.69, 9.17) is 0 Å². The minimum Gasteiger partial charge on any atom is -0.394 e. The number of nitrogens with zero attached hydrogens (tertiary/aromatic N) is 1. The quantitative estimate of drug-likeness (QED) is 0.629. The first-order valence-corrected chi connectivity index (χ1v) is 7.58. The zero-order chi connectivity index (χ0) is 13.6. The molecular formula is C15H32N2O. The topological polar surface area (TPSA) is 35.5 Å². The molecule has 1 fully saturated rings. The van der Waals surface area contributed by atoms with Gasteiger partial charge in [-0.25, -0.2) is 0 Å². The molecule has 0 amide bonds. The van der Waals surface area contributed by atoms with Gasteiger partial charge in [-0.15, -0.1) is 0 Å². The summed E-state index contributed by atoms with van der Waals surface area (Å²) >= 11 is 0. The molecule has 0 bridgehead atoms. The van der Waals surface area contributed by atoms with Crippen LogP contribution in [0.25, 0.3) is 0 Å². The highest BCUT2D eigenvalue weighted by Gasteiger charge is 2.30. The highest BCUT2D eigenvalue weighted by molar-refractivity contribution is 4.85. The van der Waals surface area contributed by atoms with E-state index in [0.717, 1.165) is 44.3 Å². The van der Waals surface area contributed by atoms with Crippen molar-refractivity contribution in [3.8, 4) is 0 Å². The van der Waals surface area contributed by atoms with Gasteiger partial charge < -0.3 is 15.3 Å². The first-order valence-electron chi connectivity index (χ1n) is 7.58. The van der Waals surface area contributed by atoms with E-state index in [-0.39, 0.29) is 12.1 Å². The third-order valence-corrected chi connectivity index (χ3v) is 4.39. The molecule has 1 aliphatic carbocycles. The van der Waals surface area contributed by atoms with Crippen molar-refractivity contribution in [2.45, 2.75) is 64.5 Å². The van der Waals surface area contributed by atoms with E-state index in [9.17, 15) is 5.11 Å². The Kier molecular flexibility index (Phi) is 6.61. The van der Waals surface area contributed by atoms with Crippen molar-refractivity contribution >= 4 is 0 Å². The Balaban J connectivity index is 2.21. The Bertz CT molecular complexity index is 231. The number of aliphatic hydroxyl groups is 1. The molecule has 2 N–H and O–H groups in total. The van der Waals surface area contributed by atoms with Crippen LogP contribution in [0.4, 0.5) is 0 Å². The normalized spacial score (nSPS) is 21.0. The molecule has 0 aromatic heterocycles. The van der Waals surface area contributed by atoms with E-state index in [1.807, 2.05) is 0 Å². The van der Waals surface area contributed by atoms with Gasteiger partial charge in [0.15, 0.2) is 0 Å². The van der Waals surface area contributed by atoms with E-state index < -0.39 is 0 Å². The lowest BCUT2D eigenvalue weighted by molar-refractivity contribution is 0.153. The van der Waals surface area contributed by atoms with E-state index in [1.165, 1.54) is 12.8 Å². The summed E-state index contributed by atoms with van der Waals surface area (Å²) in [5, 5.41) is 13.0. The Morgan fingerprint density at radius 1 is 1.44 bits per heavy atom. The Morgan fingerprint density at radius 2 is 2.11 bits per heavy atom. The van der Waals surface area contributed by atoms with Gasteiger partial charge in [-0.2, -0.15) is 0 Å². The highest BCUT2D eigenvalue weighted by atomic mass is 16.3. The SMILES string of the molecule is CCCNC(C)(CO)CCCN(C)C(C)C1CC1. The number of hydrogen-bond donors (Lipinski definition) is 2. The maximum Gasteiger partial charge on any atom is 0.0610 e. The molecule has 0 radical (unpaired) electrons. The molecule has 2 atom stereocenters. The third kappa shape index (κ3) is 5.25. The van der Waals surface area contributed by atoms with Crippen LogP contribution < -0.4 is 5.32 Å². The smallest absolute Gasteiger partial charge is 0.0610 e. The zero-order valence-corrected chi connectivity index (χ0v) is 12.7. The van der Waals surface area contributed by atoms with Crippen molar-refractivity contribution in [2.24, 2.45) is 5.92 Å². The van der Waals surface area contributed by atoms with Crippen LogP contribution in [0.1, 0.15) is 52.9 Å². The van der Waals surface area contributed by atoms with Gasteiger partial charge in [-0.05, 0) is 72.0 Å². The summed E-state index contributed by atoms with van der Waals surface area (Å²) in [4.78, 5) is 2.48. The molecule has 18 heavy (non-hydrogen) atoms. The lowest BCUT2D eigenvalue weighted by atomic mass is 9.96. The first kappa shape index (κ1) is 15.9. The lowest BCUT2D eigenvalue weighted by Crippen LogP contribution is -2.46. The van der Waals surface area contributed by atoms with E-state index in [0.29, 0.717) is 0 Å². The van der Waals surface area contributed by atoms with E-state index in [2.05, 4.69) is 38.0 Å². The fourth-order valence-corrected chi connectivity index (χ4v) is 2.51. The van der Waals surface area contributed by atoms with Gasteiger partial charge in [0.1, 0.15) is 0 Å². The molecule has 3 heteroatoms. The van der Waals surface area contributed by atoms with Crippen molar-refractivity contribution in [1.29, 1.82) is 0 Å². The second kappa shape index (κ2) is 7.46. The lowest BCUT2D eigenvalue weighted by Gasteiger charge is -2.31. The Morgan fingerprint density at radius 3 is 2.61 bits per heavy atom. The minimum atomic E-state index is -0.0976. The fraction of sp³-hybridized carbons (Fsp3) is 1.00. The number of aliphatic hydroxyl groups excluding tert-OH is 1. The molecule has 0 aromatic rings. The monoisotopic (exact) mass is 256 g/mol. The third-order valence-electron chi connectivity index (χ3n) is 4.39. The summed E-state index contributed by atoms with van der Waals surface area (Å²) in [6.45, 7) is 9.00. The summed E-state index contributed by atoms with van der Waals surface area (Å²) in [5.74, 6) is 0.942. The van der Waals surface area contributed by atoms with Crippen molar-refractivity contribution in [2.75, 3.05) is 26.7 Å². The van der Waals surface area contributed by atoms with Crippen LogP contribution in [0, 0.1) is 5.92 Å². The van der Waals surface area contributed by atoms with Gasteiger partial charge in [0, 0.05) is 11.6 Å². The molecule has 1 rings (SSSR count). The van der Waals surface area contributed by atoms with Gasteiger partial charge >= 0.3 is 0 Å². The number of hydrogen-bond acceptors (Lipinski definition) is 3. The largest absolute Gasteiger partial charge is 0.394 e. The fourth-order valence-electron chi connectivity index (χ4n) is 2.51. The summed E-state index contributed by atoms with van der Waals surface area (Å²) in [7, 11) is 2.23. The molecule has 0 aromatic carbocycles. The van der Waals surface area contributed by atoms with Crippen LogP contribution in [0.3, 0.4) is 0 Å². The molecule has 1 aliphatic rings. The zero-order valence-electron chi connectivity index (χ0n) is 12.7. The molecule has 0 saturated heterocycles. The molecule has 1 saturated carbocycles. The molecule has 3 nitrogen and oxygen atoms in total. The van der Waals surface area contributed by atoms with E-state index in [1.54, 1.807) is 0 Å². The Labute approximate surface area is 113 Å². The molecule has 0 heterocycles. The second-order valence-corrected chi connectivity index (χ2v) is 6.31. The summed E-state index contributed by atoms with van der Waals surface area (Å²) in [6, 6.07) is 0.731. The molecule has 2 unspecified atom stereocenters.